The molecule has 0 spiro atoms. The van der Waals surface area contributed by atoms with E-state index in [0.717, 1.165) is 31.5 Å². The van der Waals surface area contributed by atoms with Gasteiger partial charge in [-0.15, -0.1) is 5.10 Å². The molecular weight excluding hydrogens is 530 g/mol. The minimum Gasteiger partial charge on any atom is -0.493 e. The zero-order valence-electron chi connectivity index (χ0n) is 22.9. The molecule has 0 saturated heterocycles. The van der Waals surface area contributed by atoms with Crippen LogP contribution in [0.1, 0.15) is 80.2 Å². The average molecular weight is 564 g/mol. The van der Waals surface area contributed by atoms with Crippen molar-refractivity contribution in [2.45, 2.75) is 70.1 Å². The van der Waals surface area contributed by atoms with Crippen molar-refractivity contribution >= 4 is 27.0 Å². The molecule has 10 nitrogen and oxygen atoms in total. The van der Waals surface area contributed by atoms with E-state index in [0.29, 0.717) is 40.4 Å². The third kappa shape index (κ3) is 5.51. The fourth-order valence-electron chi connectivity index (χ4n) is 5.25. The standard InChI is InChI=1S/C29H33N5O5S/c1-4-39-25-16-15-23(40(37,38)33-22-13-11-20(12-14-22)19(3)35)17-24(25)27-31-29(36)26-18(2)30-28(34(26)32-27)21-9-7-5-6-8-10-21/h11-17,21,33H,4-10H2,1-3H3,(H,31,32,36). The molecule has 11 heteroatoms. The van der Waals surface area contributed by atoms with Crippen LogP contribution in [0.4, 0.5) is 5.69 Å². The van der Waals surface area contributed by atoms with E-state index in [1.54, 1.807) is 29.6 Å². The molecule has 1 fully saturated rings. The summed E-state index contributed by atoms with van der Waals surface area (Å²) in [6.45, 7) is 5.41. The first kappa shape index (κ1) is 27.6. The Morgan fingerprint density at radius 3 is 2.45 bits per heavy atom. The number of carbonyl (C=O) groups excluding carboxylic acids is 1. The Balaban J connectivity index is 1.58. The monoisotopic (exact) mass is 563 g/mol. The normalized spacial score (nSPS) is 14.7. The number of ether oxygens (including phenoxy) is 1. The second-order valence-electron chi connectivity index (χ2n) is 10.1. The first-order valence-electron chi connectivity index (χ1n) is 13.6. The maximum Gasteiger partial charge on any atom is 0.277 e. The smallest absolute Gasteiger partial charge is 0.277 e. The number of hydrogen-bond acceptors (Lipinski definition) is 7. The van der Waals surface area contributed by atoms with Gasteiger partial charge in [-0.25, -0.2) is 17.9 Å². The number of sulfonamides is 1. The number of nitrogens with zero attached hydrogens (tertiary/aromatic N) is 3. The summed E-state index contributed by atoms with van der Waals surface area (Å²) in [6, 6.07) is 10.6. The van der Waals surface area contributed by atoms with Gasteiger partial charge in [-0.05, 0) is 76.1 Å². The molecule has 0 unspecified atom stereocenters. The number of hydrogen-bond donors (Lipinski definition) is 2. The van der Waals surface area contributed by atoms with Crippen molar-refractivity contribution in [2.24, 2.45) is 0 Å². The summed E-state index contributed by atoms with van der Waals surface area (Å²) in [6.07, 6.45) is 6.55. The second-order valence-corrected chi connectivity index (χ2v) is 11.8. The van der Waals surface area contributed by atoms with E-state index in [9.17, 15) is 18.0 Å². The number of aromatic amines is 1. The summed E-state index contributed by atoms with van der Waals surface area (Å²) in [7, 11) is -4.02. The van der Waals surface area contributed by atoms with Crippen molar-refractivity contribution in [3.8, 4) is 17.1 Å². The lowest BCUT2D eigenvalue weighted by molar-refractivity contribution is 0.101. The van der Waals surface area contributed by atoms with Crippen LogP contribution in [-0.2, 0) is 10.0 Å². The molecule has 2 aromatic carbocycles. The van der Waals surface area contributed by atoms with E-state index in [4.69, 9.17) is 14.8 Å². The van der Waals surface area contributed by atoms with Crippen molar-refractivity contribution in [1.29, 1.82) is 0 Å². The van der Waals surface area contributed by atoms with Gasteiger partial charge in [-0.3, -0.25) is 14.3 Å². The van der Waals surface area contributed by atoms with Crippen molar-refractivity contribution < 1.29 is 17.9 Å². The fourth-order valence-corrected chi connectivity index (χ4v) is 6.33. The number of H-pyrrole nitrogens is 1. The minimum absolute atomic E-state index is 0.0323. The highest BCUT2D eigenvalue weighted by molar-refractivity contribution is 7.92. The number of nitrogens with one attached hydrogen (secondary N) is 2. The molecule has 1 aliphatic carbocycles. The molecular formula is C29H33N5O5S. The van der Waals surface area contributed by atoms with Gasteiger partial charge in [0.15, 0.2) is 17.1 Å². The summed E-state index contributed by atoms with van der Waals surface area (Å²) >= 11 is 0. The average Bonchev–Trinajstić information content (AvgIpc) is 3.08. The highest BCUT2D eigenvalue weighted by Crippen LogP contribution is 2.33. The molecule has 2 N–H and O–H groups in total. The zero-order valence-corrected chi connectivity index (χ0v) is 23.7. The van der Waals surface area contributed by atoms with Gasteiger partial charge in [0.25, 0.3) is 15.6 Å². The molecule has 0 aliphatic heterocycles. The van der Waals surface area contributed by atoms with Crippen LogP contribution >= 0.6 is 0 Å². The third-order valence-corrected chi connectivity index (χ3v) is 8.66. The Morgan fingerprint density at radius 1 is 1.10 bits per heavy atom. The van der Waals surface area contributed by atoms with Crippen LogP contribution in [0.25, 0.3) is 16.9 Å². The van der Waals surface area contributed by atoms with Gasteiger partial charge >= 0.3 is 0 Å². The van der Waals surface area contributed by atoms with E-state index in [1.165, 1.54) is 44.0 Å². The maximum atomic E-state index is 13.3. The SMILES string of the molecule is CCOc1ccc(S(=O)(=O)Nc2ccc(C(C)=O)cc2)cc1-c1nn2c(C3CCCCCC3)nc(C)c2c(=O)[nH]1. The van der Waals surface area contributed by atoms with Gasteiger partial charge in [0.05, 0.1) is 22.8 Å². The third-order valence-electron chi connectivity index (χ3n) is 7.28. The Kier molecular flexibility index (Phi) is 7.75. The number of Topliss-reactive ketones (excluding diaryl/α,β-unsaturated/α-hetero) is 1. The molecule has 2 heterocycles. The zero-order chi connectivity index (χ0) is 28.4. The van der Waals surface area contributed by atoms with E-state index in [2.05, 4.69) is 9.71 Å². The summed E-state index contributed by atoms with van der Waals surface area (Å²) in [4.78, 5) is 32.4. The van der Waals surface area contributed by atoms with Crippen LogP contribution in [-0.4, -0.2) is 40.4 Å². The Hall–Kier alpha value is -3.99. The Labute approximate surface area is 232 Å². The number of benzene rings is 2. The molecule has 5 rings (SSSR count). The lowest BCUT2D eigenvalue weighted by atomic mass is 10.00. The summed E-state index contributed by atoms with van der Waals surface area (Å²) in [5.41, 5.74) is 1.79. The number of ketones is 1. The van der Waals surface area contributed by atoms with Crippen LogP contribution in [0.15, 0.2) is 52.2 Å². The molecule has 0 bridgehead atoms. The summed E-state index contributed by atoms with van der Waals surface area (Å²) in [5, 5.41) is 4.78. The minimum atomic E-state index is -4.02. The van der Waals surface area contributed by atoms with Gasteiger partial charge < -0.3 is 9.72 Å². The van der Waals surface area contributed by atoms with Gasteiger partial charge in [0.2, 0.25) is 0 Å². The maximum absolute atomic E-state index is 13.3. The number of aromatic nitrogens is 4. The van der Waals surface area contributed by atoms with Crippen molar-refractivity contribution in [2.75, 3.05) is 11.3 Å². The van der Waals surface area contributed by atoms with Crippen LogP contribution in [0.5, 0.6) is 5.75 Å². The van der Waals surface area contributed by atoms with Crippen LogP contribution in [0, 0.1) is 6.92 Å². The first-order chi connectivity index (χ1) is 19.2. The first-order valence-corrected chi connectivity index (χ1v) is 15.1. The predicted molar refractivity (Wildman–Crippen MR) is 153 cm³/mol. The molecule has 4 aromatic rings. The highest BCUT2D eigenvalue weighted by Gasteiger charge is 2.25. The highest BCUT2D eigenvalue weighted by atomic mass is 32.2. The number of rotatable bonds is 8. The van der Waals surface area contributed by atoms with E-state index in [-0.39, 0.29) is 28.0 Å². The quantitative estimate of drug-likeness (QED) is 0.221. The molecule has 2 aromatic heterocycles. The molecule has 0 atom stereocenters. The van der Waals surface area contributed by atoms with E-state index in [1.807, 2.05) is 6.92 Å². The van der Waals surface area contributed by atoms with Crippen molar-refractivity contribution in [1.82, 2.24) is 19.6 Å². The number of imidazole rings is 1. The van der Waals surface area contributed by atoms with Crippen molar-refractivity contribution in [3.05, 3.63) is 69.9 Å². The Morgan fingerprint density at radius 2 is 1.80 bits per heavy atom. The van der Waals surface area contributed by atoms with Crippen LogP contribution in [0.2, 0.25) is 0 Å². The molecule has 210 valence electrons. The number of fused-ring (bicyclic) bond motifs is 1. The van der Waals surface area contributed by atoms with E-state index < -0.39 is 10.0 Å². The van der Waals surface area contributed by atoms with Gasteiger partial charge in [-0.1, -0.05) is 25.7 Å². The molecule has 0 radical (unpaired) electrons. The largest absolute Gasteiger partial charge is 0.493 e. The summed E-state index contributed by atoms with van der Waals surface area (Å²) in [5.74, 6) is 1.43. The van der Waals surface area contributed by atoms with Crippen molar-refractivity contribution in [3.63, 3.8) is 0 Å². The molecule has 40 heavy (non-hydrogen) atoms. The predicted octanol–water partition coefficient (Wildman–Crippen LogP) is 5.23. The number of carbonyl (C=O) groups is 1. The van der Waals surface area contributed by atoms with Gasteiger partial charge in [-0.2, -0.15) is 0 Å². The topological polar surface area (TPSA) is 136 Å². The molecule has 0 amide bonds. The molecule has 1 saturated carbocycles. The van der Waals surface area contributed by atoms with Crippen LogP contribution in [0.3, 0.4) is 0 Å². The Bertz CT molecular complexity index is 1720. The van der Waals surface area contributed by atoms with Gasteiger partial charge in [0.1, 0.15) is 11.6 Å². The lowest BCUT2D eigenvalue weighted by Gasteiger charge is -2.15. The lowest BCUT2D eigenvalue weighted by Crippen LogP contribution is -2.17. The molecule has 1 aliphatic rings. The van der Waals surface area contributed by atoms with Gasteiger partial charge in [0, 0.05) is 17.2 Å². The van der Waals surface area contributed by atoms with E-state index >= 15 is 0 Å². The summed E-state index contributed by atoms with van der Waals surface area (Å²) < 4.78 is 36.6. The number of anilines is 1. The number of aryl methyl sites for hydroxylation is 1. The van der Waals surface area contributed by atoms with Crippen LogP contribution < -0.4 is 15.0 Å². The fraction of sp³-hybridized carbons (Fsp3) is 0.379. The second kappa shape index (κ2) is 11.2.